The SMILES string of the molecule is O=CCc1ccc2c(c1)[nH]c(=O)n2C1CC1. The summed E-state index contributed by atoms with van der Waals surface area (Å²) >= 11 is 0. The normalized spacial score (nSPS) is 15.5. The van der Waals surface area contributed by atoms with Crippen LogP contribution < -0.4 is 5.69 Å². The lowest BCUT2D eigenvalue weighted by molar-refractivity contribution is -0.107. The molecular weight excluding hydrogens is 204 g/mol. The van der Waals surface area contributed by atoms with Crippen molar-refractivity contribution in [1.29, 1.82) is 0 Å². The van der Waals surface area contributed by atoms with E-state index in [1.165, 1.54) is 0 Å². The maximum Gasteiger partial charge on any atom is 0.326 e. The molecule has 1 N–H and O–H groups in total. The fraction of sp³-hybridized carbons (Fsp3) is 0.333. The van der Waals surface area contributed by atoms with Crippen LogP contribution in [0.4, 0.5) is 0 Å². The van der Waals surface area contributed by atoms with Crippen molar-refractivity contribution in [2.75, 3.05) is 0 Å². The van der Waals surface area contributed by atoms with E-state index in [0.717, 1.165) is 35.7 Å². The number of H-pyrrole nitrogens is 1. The number of nitrogens with zero attached hydrogens (tertiary/aromatic N) is 1. The van der Waals surface area contributed by atoms with Gasteiger partial charge < -0.3 is 9.78 Å². The number of carbonyl (C=O) groups excluding carboxylic acids is 1. The van der Waals surface area contributed by atoms with Crippen molar-refractivity contribution >= 4 is 17.3 Å². The Morgan fingerprint density at radius 3 is 2.94 bits per heavy atom. The number of fused-ring (bicyclic) bond motifs is 1. The second kappa shape index (κ2) is 3.33. The van der Waals surface area contributed by atoms with E-state index in [-0.39, 0.29) is 5.69 Å². The van der Waals surface area contributed by atoms with Gasteiger partial charge in [-0.2, -0.15) is 0 Å². The van der Waals surface area contributed by atoms with E-state index in [4.69, 9.17) is 0 Å². The van der Waals surface area contributed by atoms with Crippen molar-refractivity contribution in [3.8, 4) is 0 Å². The van der Waals surface area contributed by atoms with Crippen molar-refractivity contribution in [2.45, 2.75) is 25.3 Å². The van der Waals surface area contributed by atoms with Crippen molar-refractivity contribution in [3.63, 3.8) is 0 Å². The van der Waals surface area contributed by atoms with Crippen molar-refractivity contribution in [3.05, 3.63) is 34.2 Å². The molecule has 0 bridgehead atoms. The van der Waals surface area contributed by atoms with Gasteiger partial charge in [0.05, 0.1) is 11.0 Å². The second-order valence-corrected chi connectivity index (χ2v) is 4.25. The van der Waals surface area contributed by atoms with E-state index >= 15 is 0 Å². The number of aromatic amines is 1. The Morgan fingerprint density at radius 1 is 1.44 bits per heavy atom. The summed E-state index contributed by atoms with van der Waals surface area (Å²) in [5.74, 6) is 0. The molecule has 3 rings (SSSR count). The molecule has 1 aliphatic rings. The minimum atomic E-state index is -0.0410. The van der Waals surface area contributed by atoms with Gasteiger partial charge in [-0.15, -0.1) is 0 Å². The van der Waals surface area contributed by atoms with E-state index in [1.807, 2.05) is 22.8 Å². The lowest BCUT2D eigenvalue weighted by atomic mass is 10.1. The Morgan fingerprint density at radius 2 is 2.25 bits per heavy atom. The summed E-state index contributed by atoms with van der Waals surface area (Å²) in [7, 11) is 0. The van der Waals surface area contributed by atoms with Crippen LogP contribution in [0.25, 0.3) is 11.0 Å². The molecule has 82 valence electrons. The highest BCUT2D eigenvalue weighted by Gasteiger charge is 2.26. The first-order chi connectivity index (χ1) is 7.79. The molecule has 0 atom stereocenters. The van der Waals surface area contributed by atoms with Crippen LogP contribution in [0, 0.1) is 0 Å². The van der Waals surface area contributed by atoms with Gasteiger partial charge in [0, 0.05) is 12.5 Å². The quantitative estimate of drug-likeness (QED) is 0.788. The van der Waals surface area contributed by atoms with Gasteiger partial charge in [0.25, 0.3) is 0 Å². The number of aldehydes is 1. The van der Waals surface area contributed by atoms with Crippen LogP contribution in [0.1, 0.15) is 24.4 Å². The zero-order valence-electron chi connectivity index (χ0n) is 8.77. The highest BCUT2D eigenvalue weighted by atomic mass is 16.1. The van der Waals surface area contributed by atoms with Crippen molar-refractivity contribution in [1.82, 2.24) is 9.55 Å². The number of hydrogen-bond donors (Lipinski definition) is 1. The van der Waals surface area contributed by atoms with Crippen LogP contribution >= 0.6 is 0 Å². The summed E-state index contributed by atoms with van der Waals surface area (Å²) in [4.78, 5) is 25.0. The fourth-order valence-electron chi connectivity index (χ4n) is 2.10. The van der Waals surface area contributed by atoms with E-state index in [0.29, 0.717) is 12.5 Å². The van der Waals surface area contributed by atoms with Crippen molar-refractivity contribution in [2.24, 2.45) is 0 Å². The third-order valence-corrected chi connectivity index (χ3v) is 3.01. The Balaban J connectivity index is 2.19. The molecule has 0 amide bonds. The summed E-state index contributed by atoms with van der Waals surface area (Å²) in [5, 5.41) is 0. The lowest BCUT2D eigenvalue weighted by Gasteiger charge is -2.00. The summed E-state index contributed by atoms with van der Waals surface area (Å²) < 4.78 is 1.82. The van der Waals surface area contributed by atoms with Gasteiger partial charge in [0.15, 0.2) is 0 Å². The molecule has 0 aliphatic heterocycles. The van der Waals surface area contributed by atoms with Gasteiger partial charge in [-0.05, 0) is 30.5 Å². The van der Waals surface area contributed by atoms with Crippen LogP contribution in [0.5, 0.6) is 0 Å². The molecular formula is C12H12N2O2. The van der Waals surface area contributed by atoms with E-state index in [2.05, 4.69) is 4.98 Å². The molecule has 1 aromatic heterocycles. The minimum absolute atomic E-state index is 0.0410. The van der Waals surface area contributed by atoms with E-state index < -0.39 is 0 Å². The van der Waals surface area contributed by atoms with E-state index in [1.54, 1.807) is 0 Å². The average Bonchev–Trinajstić information content (AvgIpc) is 3.02. The van der Waals surface area contributed by atoms with Gasteiger partial charge >= 0.3 is 5.69 Å². The molecule has 2 aromatic rings. The van der Waals surface area contributed by atoms with Gasteiger partial charge in [-0.25, -0.2) is 4.79 Å². The molecule has 1 aromatic carbocycles. The molecule has 1 aliphatic carbocycles. The summed E-state index contributed by atoms with van der Waals surface area (Å²) in [5.41, 5.74) is 2.67. The minimum Gasteiger partial charge on any atom is -0.306 e. The standard InChI is InChI=1S/C12H12N2O2/c15-6-5-8-1-4-11-10(7-8)13-12(16)14(11)9-2-3-9/h1,4,6-7,9H,2-3,5H2,(H,13,16). The molecule has 0 saturated heterocycles. The average molecular weight is 216 g/mol. The predicted molar refractivity (Wildman–Crippen MR) is 60.6 cm³/mol. The number of aromatic nitrogens is 2. The molecule has 1 saturated carbocycles. The van der Waals surface area contributed by atoms with Gasteiger partial charge in [-0.1, -0.05) is 6.07 Å². The van der Waals surface area contributed by atoms with Crippen LogP contribution in [0.2, 0.25) is 0 Å². The van der Waals surface area contributed by atoms with Crippen LogP contribution in [0.15, 0.2) is 23.0 Å². The molecule has 0 spiro atoms. The van der Waals surface area contributed by atoms with Crippen LogP contribution in [-0.4, -0.2) is 15.8 Å². The third kappa shape index (κ3) is 1.38. The summed E-state index contributed by atoms with van der Waals surface area (Å²) in [6.45, 7) is 0. The molecule has 4 nitrogen and oxygen atoms in total. The smallest absolute Gasteiger partial charge is 0.306 e. The van der Waals surface area contributed by atoms with Gasteiger partial charge in [0.1, 0.15) is 6.29 Å². The number of rotatable bonds is 3. The summed E-state index contributed by atoms with van der Waals surface area (Å²) in [6, 6.07) is 6.08. The number of imidazole rings is 1. The first kappa shape index (κ1) is 9.39. The first-order valence-corrected chi connectivity index (χ1v) is 5.46. The van der Waals surface area contributed by atoms with Crippen LogP contribution in [0.3, 0.4) is 0 Å². The largest absolute Gasteiger partial charge is 0.326 e. The zero-order valence-corrected chi connectivity index (χ0v) is 8.77. The Bertz CT molecular complexity index is 605. The molecule has 16 heavy (non-hydrogen) atoms. The number of hydrogen-bond acceptors (Lipinski definition) is 2. The first-order valence-electron chi connectivity index (χ1n) is 5.46. The number of carbonyl (C=O) groups is 1. The predicted octanol–water partition coefficient (Wildman–Crippen LogP) is 1.41. The zero-order chi connectivity index (χ0) is 11.1. The highest BCUT2D eigenvalue weighted by molar-refractivity contribution is 5.77. The second-order valence-electron chi connectivity index (χ2n) is 4.25. The molecule has 1 heterocycles. The van der Waals surface area contributed by atoms with E-state index in [9.17, 15) is 9.59 Å². The molecule has 0 unspecified atom stereocenters. The number of benzene rings is 1. The Labute approximate surface area is 91.9 Å². The molecule has 1 fully saturated rings. The van der Waals surface area contributed by atoms with Gasteiger partial charge in [0.2, 0.25) is 0 Å². The fourth-order valence-corrected chi connectivity index (χ4v) is 2.10. The topological polar surface area (TPSA) is 54.9 Å². The maximum atomic E-state index is 11.7. The molecule has 4 heteroatoms. The highest BCUT2D eigenvalue weighted by Crippen LogP contribution is 2.35. The Kier molecular flexibility index (Phi) is 1.96. The lowest BCUT2D eigenvalue weighted by Crippen LogP contribution is -2.14. The number of nitrogens with one attached hydrogen (secondary N) is 1. The monoisotopic (exact) mass is 216 g/mol. The van der Waals surface area contributed by atoms with Crippen molar-refractivity contribution < 1.29 is 4.79 Å². The molecule has 0 radical (unpaired) electrons. The van der Waals surface area contributed by atoms with Crippen LogP contribution in [-0.2, 0) is 11.2 Å². The third-order valence-electron chi connectivity index (χ3n) is 3.01. The Hall–Kier alpha value is -1.84. The maximum absolute atomic E-state index is 11.7. The summed E-state index contributed by atoms with van der Waals surface area (Å²) in [6.07, 6.45) is 3.44. The van der Waals surface area contributed by atoms with Gasteiger partial charge in [-0.3, -0.25) is 4.57 Å².